The van der Waals surface area contributed by atoms with Gasteiger partial charge < -0.3 is 9.63 Å². The van der Waals surface area contributed by atoms with Crippen molar-refractivity contribution < 1.29 is 22.8 Å². The Labute approximate surface area is 119 Å². The second kappa shape index (κ2) is 4.91. The molecule has 2 aromatic heterocycles. The zero-order valence-corrected chi connectivity index (χ0v) is 12.6. The van der Waals surface area contributed by atoms with Crippen molar-refractivity contribution in [2.45, 2.75) is 25.7 Å². The van der Waals surface area contributed by atoms with Crippen LogP contribution in [0.15, 0.2) is 14.8 Å². The first-order chi connectivity index (χ1) is 9.24. The van der Waals surface area contributed by atoms with Gasteiger partial charge in [-0.15, -0.1) is 11.3 Å². The lowest BCUT2D eigenvalue weighted by Crippen LogP contribution is -2.16. The third-order valence-electron chi connectivity index (χ3n) is 2.77. The SMILES string of the molecule is Cc1csc(C(=O)O)c1S(=O)(=O)Nc1onc(C)c1C. The summed E-state index contributed by atoms with van der Waals surface area (Å²) in [5.41, 5.74) is 1.48. The van der Waals surface area contributed by atoms with Crippen molar-refractivity contribution in [3.8, 4) is 0 Å². The molecular formula is C11H12N2O5S2. The van der Waals surface area contributed by atoms with Gasteiger partial charge in [-0.1, -0.05) is 5.16 Å². The molecule has 0 fully saturated rings. The van der Waals surface area contributed by atoms with Crippen LogP contribution in [0.4, 0.5) is 5.88 Å². The third kappa shape index (κ3) is 2.41. The van der Waals surface area contributed by atoms with Crippen molar-refractivity contribution in [2.24, 2.45) is 0 Å². The summed E-state index contributed by atoms with van der Waals surface area (Å²) in [4.78, 5) is 10.6. The highest BCUT2D eigenvalue weighted by atomic mass is 32.2. The first-order valence-electron chi connectivity index (χ1n) is 5.51. The Morgan fingerprint density at radius 2 is 2.05 bits per heavy atom. The number of aromatic nitrogens is 1. The topological polar surface area (TPSA) is 110 Å². The molecule has 2 rings (SSSR count). The van der Waals surface area contributed by atoms with Crippen molar-refractivity contribution in [1.29, 1.82) is 0 Å². The first kappa shape index (κ1) is 14.5. The number of nitrogens with zero attached hydrogens (tertiary/aromatic N) is 1. The molecule has 0 radical (unpaired) electrons. The number of nitrogens with one attached hydrogen (secondary N) is 1. The van der Waals surface area contributed by atoms with Crippen molar-refractivity contribution in [2.75, 3.05) is 4.72 Å². The van der Waals surface area contributed by atoms with E-state index in [1.165, 1.54) is 12.3 Å². The molecule has 108 valence electrons. The number of aromatic carboxylic acids is 1. The van der Waals surface area contributed by atoms with E-state index in [0.29, 0.717) is 16.8 Å². The summed E-state index contributed by atoms with van der Waals surface area (Å²) in [6.45, 7) is 4.87. The maximum absolute atomic E-state index is 12.3. The van der Waals surface area contributed by atoms with E-state index in [4.69, 9.17) is 9.63 Å². The van der Waals surface area contributed by atoms with Gasteiger partial charge in [-0.3, -0.25) is 0 Å². The van der Waals surface area contributed by atoms with E-state index in [2.05, 4.69) is 9.88 Å². The van der Waals surface area contributed by atoms with Crippen LogP contribution in [0.25, 0.3) is 0 Å². The Morgan fingerprint density at radius 3 is 2.55 bits per heavy atom. The maximum atomic E-state index is 12.3. The van der Waals surface area contributed by atoms with Crippen LogP contribution in [0.1, 0.15) is 26.5 Å². The molecule has 0 unspecified atom stereocenters. The number of thiophene rings is 1. The predicted octanol–water partition coefficient (Wildman–Crippen LogP) is 2.16. The van der Waals surface area contributed by atoms with Gasteiger partial charge in [0.1, 0.15) is 9.77 Å². The van der Waals surface area contributed by atoms with Crippen LogP contribution in [0.3, 0.4) is 0 Å². The molecule has 0 aliphatic rings. The molecule has 9 heteroatoms. The lowest BCUT2D eigenvalue weighted by atomic mass is 10.3. The Hall–Kier alpha value is -1.87. The van der Waals surface area contributed by atoms with Crippen LogP contribution in [0.5, 0.6) is 0 Å². The molecule has 0 amide bonds. The molecule has 2 heterocycles. The molecule has 0 bridgehead atoms. The molecule has 0 spiro atoms. The number of hydrogen-bond acceptors (Lipinski definition) is 6. The van der Waals surface area contributed by atoms with Crippen molar-refractivity contribution in [3.05, 3.63) is 27.1 Å². The normalized spacial score (nSPS) is 11.6. The second-order valence-electron chi connectivity index (χ2n) is 4.21. The minimum Gasteiger partial charge on any atom is -0.477 e. The average molecular weight is 316 g/mol. The maximum Gasteiger partial charge on any atom is 0.347 e. The van der Waals surface area contributed by atoms with Crippen molar-refractivity contribution >= 4 is 33.2 Å². The fourth-order valence-electron chi connectivity index (χ4n) is 1.60. The van der Waals surface area contributed by atoms with Crippen LogP contribution in [0, 0.1) is 20.8 Å². The highest BCUT2D eigenvalue weighted by molar-refractivity contribution is 7.93. The largest absolute Gasteiger partial charge is 0.477 e. The fraction of sp³-hybridized carbons (Fsp3) is 0.273. The van der Waals surface area contributed by atoms with E-state index in [1.807, 2.05) is 0 Å². The molecular weight excluding hydrogens is 304 g/mol. The van der Waals surface area contributed by atoms with E-state index < -0.39 is 16.0 Å². The molecule has 2 aromatic rings. The summed E-state index contributed by atoms with van der Waals surface area (Å²) in [5.74, 6) is -1.29. The van der Waals surface area contributed by atoms with E-state index in [-0.39, 0.29) is 15.7 Å². The highest BCUT2D eigenvalue weighted by Gasteiger charge is 2.28. The first-order valence-corrected chi connectivity index (χ1v) is 7.87. The third-order valence-corrected chi connectivity index (χ3v) is 5.50. The Bertz CT molecular complexity index is 773. The number of anilines is 1. The van der Waals surface area contributed by atoms with Crippen LogP contribution in [-0.2, 0) is 10.0 Å². The van der Waals surface area contributed by atoms with E-state index in [1.54, 1.807) is 13.8 Å². The average Bonchev–Trinajstić information content (AvgIpc) is 2.87. The van der Waals surface area contributed by atoms with Gasteiger partial charge >= 0.3 is 5.97 Å². The van der Waals surface area contributed by atoms with E-state index in [9.17, 15) is 13.2 Å². The number of carboxylic acid groups (broad SMARTS) is 1. The predicted molar refractivity (Wildman–Crippen MR) is 72.8 cm³/mol. The van der Waals surface area contributed by atoms with Crippen LogP contribution in [-0.4, -0.2) is 24.7 Å². The Balaban J connectivity index is 2.49. The smallest absolute Gasteiger partial charge is 0.347 e. The Kier molecular flexibility index (Phi) is 3.57. The van der Waals surface area contributed by atoms with Crippen molar-refractivity contribution in [3.63, 3.8) is 0 Å². The molecule has 0 aromatic carbocycles. The number of aryl methyl sites for hydroxylation is 2. The van der Waals surface area contributed by atoms with Gasteiger partial charge in [0.05, 0.1) is 5.69 Å². The van der Waals surface area contributed by atoms with Gasteiger partial charge in [-0.05, 0) is 31.7 Å². The van der Waals surface area contributed by atoms with Gasteiger partial charge in [-0.25, -0.2) is 17.9 Å². The van der Waals surface area contributed by atoms with Crippen LogP contribution in [0.2, 0.25) is 0 Å². The van der Waals surface area contributed by atoms with Gasteiger partial charge in [0, 0.05) is 5.56 Å². The monoisotopic (exact) mass is 316 g/mol. The minimum atomic E-state index is -4.04. The lowest BCUT2D eigenvalue weighted by molar-refractivity contribution is 0.0698. The number of hydrogen-bond donors (Lipinski definition) is 2. The lowest BCUT2D eigenvalue weighted by Gasteiger charge is -2.06. The number of carboxylic acids is 1. The molecule has 20 heavy (non-hydrogen) atoms. The van der Waals surface area contributed by atoms with Gasteiger partial charge in [0.2, 0.25) is 5.88 Å². The summed E-state index contributed by atoms with van der Waals surface area (Å²) in [6.07, 6.45) is 0. The molecule has 0 aliphatic heterocycles. The molecule has 7 nitrogen and oxygen atoms in total. The summed E-state index contributed by atoms with van der Waals surface area (Å²) in [7, 11) is -4.04. The van der Waals surface area contributed by atoms with Crippen molar-refractivity contribution in [1.82, 2.24) is 5.16 Å². The molecule has 0 saturated carbocycles. The second-order valence-corrected chi connectivity index (χ2v) is 6.71. The number of carbonyl (C=O) groups is 1. The van der Waals surface area contributed by atoms with Crippen LogP contribution >= 0.6 is 11.3 Å². The number of rotatable bonds is 4. The molecule has 0 saturated heterocycles. The molecule has 0 atom stereocenters. The van der Waals surface area contributed by atoms with E-state index in [0.717, 1.165) is 11.3 Å². The van der Waals surface area contributed by atoms with Crippen LogP contribution < -0.4 is 4.72 Å². The quantitative estimate of drug-likeness (QED) is 0.894. The summed E-state index contributed by atoms with van der Waals surface area (Å²) >= 11 is 0.866. The standard InChI is InChI=1S/C11H12N2O5S2/c1-5-4-19-8(11(14)15)9(5)20(16,17)13-10-6(2)7(3)12-18-10/h4,13H,1-3H3,(H,14,15). The highest BCUT2D eigenvalue weighted by Crippen LogP contribution is 2.29. The molecule has 2 N–H and O–H groups in total. The number of sulfonamides is 1. The Morgan fingerprint density at radius 1 is 1.40 bits per heavy atom. The zero-order valence-electron chi connectivity index (χ0n) is 10.9. The summed E-state index contributed by atoms with van der Waals surface area (Å²) < 4.78 is 31.7. The van der Waals surface area contributed by atoms with E-state index >= 15 is 0 Å². The zero-order chi connectivity index (χ0) is 15.1. The summed E-state index contributed by atoms with van der Waals surface area (Å²) in [5, 5.41) is 14.2. The fourth-order valence-corrected chi connectivity index (χ4v) is 4.28. The summed E-state index contributed by atoms with van der Waals surface area (Å²) in [6, 6.07) is 0. The van der Waals surface area contributed by atoms with Gasteiger partial charge in [-0.2, -0.15) is 0 Å². The van der Waals surface area contributed by atoms with Gasteiger partial charge in [0.15, 0.2) is 0 Å². The molecule has 0 aliphatic carbocycles. The van der Waals surface area contributed by atoms with Gasteiger partial charge in [0.25, 0.3) is 10.0 Å². The minimum absolute atomic E-state index is 0.00978.